The van der Waals surface area contributed by atoms with Crippen molar-refractivity contribution in [2.75, 3.05) is 33.4 Å². The molecule has 1 unspecified atom stereocenters. The summed E-state index contributed by atoms with van der Waals surface area (Å²) in [5.74, 6) is -1.59. The second kappa shape index (κ2) is 8.76. The monoisotopic (exact) mass is 464 g/mol. The SMILES string of the molecule is CN(C(=O)[C@H]1C[C@H]1CNC(=O)OCC1c2ccccc2-c2ccccc21)C1(C(=O)O)CCOC1. The summed E-state index contributed by atoms with van der Waals surface area (Å²) in [5.41, 5.74) is 3.33. The summed E-state index contributed by atoms with van der Waals surface area (Å²) in [7, 11) is 1.53. The van der Waals surface area contributed by atoms with Crippen LogP contribution in [0.25, 0.3) is 11.1 Å². The minimum atomic E-state index is -1.30. The first-order chi connectivity index (χ1) is 16.4. The highest BCUT2D eigenvalue weighted by Gasteiger charge is 2.53. The van der Waals surface area contributed by atoms with Gasteiger partial charge in [-0.05, 0) is 34.6 Å². The van der Waals surface area contributed by atoms with Crippen LogP contribution in [0.15, 0.2) is 48.5 Å². The zero-order chi connectivity index (χ0) is 23.9. The molecule has 3 aliphatic rings. The Kier molecular flexibility index (Phi) is 5.77. The molecule has 0 spiro atoms. The maximum atomic E-state index is 12.9. The lowest BCUT2D eigenvalue weighted by Crippen LogP contribution is -2.56. The molecule has 2 aromatic carbocycles. The molecule has 0 aromatic heterocycles. The fourth-order valence-corrected chi connectivity index (χ4v) is 5.23. The van der Waals surface area contributed by atoms with Crippen molar-refractivity contribution in [2.45, 2.75) is 24.3 Å². The third-order valence-electron chi connectivity index (χ3n) is 7.46. The van der Waals surface area contributed by atoms with E-state index in [1.807, 2.05) is 24.3 Å². The van der Waals surface area contributed by atoms with Gasteiger partial charge in [0.1, 0.15) is 6.61 Å². The van der Waals surface area contributed by atoms with Crippen LogP contribution in [0.5, 0.6) is 0 Å². The summed E-state index contributed by atoms with van der Waals surface area (Å²) in [6.45, 7) is 0.871. The number of aliphatic carboxylic acids is 1. The molecular formula is C26H28N2O6. The van der Waals surface area contributed by atoms with Crippen LogP contribution in [-0.2, 0) is 19.1 Å². The number of ether oxygens (including phenoxy) is 2. The van der Waals surface area contributed by atoms with Gasteiger partial charge in [0.15, 0.2) is 5.54 Å². The minimum Gasteiger partial charge on any atom is -0.479 e. The Bertz CT molecular complexity index is 1080. The van der Waals surface area contributed by atoms with Crippen LogP contribution in [0, 0.1) is 11.8 Å². The van der Waals surface area contributed by atoms with E-state index in [4.69, 9.17) is 9.47 Å². The highest BCUT2D eigenvalue weighted by Crippen LogP contribution is 2.44. The fourth-order valence-electron chi connectivity index (χ4n) is 5.23. The molecule has 2 fully saturated rings. The zero-order valence-corrected chi connectivity index (χ0v) is 19.0. The lowest BCUT2D eigenvalue weighted by molar-refractivity contribution is -0.158. The normalized spacial score (nSPS) is 24.7. The predicted molar refractivity (Wildman–Crippen MR) is 123 cm³/mol. The Morgan fingerprint density at radius 1 is 1.12 bits per heavy atom. The smallest absolute Gasteiger partial charge is 0.407 e. The molecule has 8 nitrogen and oxygen atoms in total. The summed E-state index contributed by atoms with van der Waals surface area (Å²) in [4.78, 5) is 38.4. The number of alkyl carbamates (subject to hydrolysis) is 1. The molecule has 3 atom stereocenters. The summed E-state index contributed by atoms with van der Waals surface area (Å²) >= 11 is 0. The van der Waals surface area contributed by atoms with E-state index in [9.17, 15) is 19.5 Å². The largest absolute Gasteiger partial charge is 0.479 e. The number of rotatable bonds is 7. The van der Waals surface area contributed by atoms with Gasteiger partial charge in [-0.15, -0.1) is 0 Å². The number of nitrogens with one attached hydrogen (secondary N) is 1. The molecule has 0 bridgehead atoms. The number of amides is 2. The maximum Gasteiger partial charge on any atom is 0.407 e. The van der Waals surface area contributed by atoms with Gasteiger partial charge < -0.3 is 24.8 Å². The van der Waals surface area contributed by atoms with Gasteiger partial charge in [0.2, 0.25) is 5.91 Å². The topological polar surface area (TPSA) is 105 Å². The zero-order valence-electron chi connectivity index (χ0n) is 19.0. The van der Waals surface area contributed by atoms with E-state index in [1.54, 1.807) is 0 Å². The Hall–Kier alpha value is -3.39. The van der Waals surface area contributed by atoms with Crippen LogP contribution in [0.4, 0.5) is 4.79 Å². The molecule has 1 heterocycles. The number of hydrogen-bond acceptors (Lipinski definition) is 5. The molecule has 2 N–H and O–H groups in total. The number of benzene rings is 2. The second-order valence-electron chi connectivity index (χ2n) is 9.35. The number of likely N-dealkylation sites (N-methyl/N-ethyl adjacent to an activating group) is 1. The first kappa shape index (κ1) is 22.4. The number of carbonyl (C=O) groups excluding carboxylic acids is 2. The van der Waals surface area contributed by atoms with Crippen molar-refractivity contribution < 1.29 is 29.0 Å². The number of nitrogens with zero attached hydrogens (tertiary/aromatic N) is 1. The minimum absolute atomic E-state index is 0.0000399. The fraction of sp³-hybridized carbons (Fsp3) is 0.423. The summed E-state index contributed by atoms with van der Waals surface area (Å²) < 4.78 is 10.8. The van der Waals surface area contributed by atoms with Gasteiger partial charge in [-0.3, -0.25) is 4.79 Å². The highest BCUT2D eigenvalue weighted by atomic mass is 16.5. The molecule has 5 rings (SSSR count). The number of hydrogen-bond donors (Lipinski definition) is 2. The molecular weight excluding hydrogens is 436 g/mol. The highest BCUT2D eigenvalue weighted by molar-refractivity contribution is 5.89. The van der Waals surface area contributed by atoms with E-state index in [0.29, 0.717) is 19.6 Å². The van der Waals surface area contributed by atoms with Crippen molar-refractivity contribution in [2.24, 2.45) is 11.8 Å². The van der Waals surface area contributed by atoms with Crippen molar-refractivity contribution in [3.8, 4) is 11.1 Å². The molecule has 0 radical (unpaired) electrons. The standard InChI is InChI=1S/C26H28N2O6/c1-28(26(24(30)31)10-11-33-15-26)23(29)21-12-16(21)13-27-25(32)34-14-22-19-8-4-2-6-17(19)18-7-3-5-9-20(18)22/h2-9,16,21-22H,10-15H2,1H3,(H,27,32)(H,30,31)/t16-,21-,26?/m0/s1. The quantitative estimate of drug-likeness (QED) is 0.653. The third kappa shape index (κ3) is 3.81. The van der Waals surface area contributed by atoms with Crippen molar-refractivity contribution >= 4 is 18.0 Å². The van der Waals surface area contributed by atoms with Gasteiger partial charge in [-0.2, -0.15) is 0 Å². The van der Waals surface area contributed by atoms with Gasteiger partial charge in [0.25, 0.3) is 0 Å². The van der Waals surface area contributed by atoms with Crippen LogP contribution < -0.4 is 5.32 Å². The molecule has 2 aromatic rings. The number of carboxylic acids is 1. The van der Waals surface area contributed by atoms with E-state index in [0.717, 1.165) is 11.1 Å². The van der Waals surface area contributed by atoms with Crippen LogP contribution in [-0.4, -0.2) is 66.9 Å². The van der Waals surface area contributed by atoms with Gasteiger partial charge >= 0.3 is 12.1 Å². The van der Waals surface area contributed by atoms with Crippen LogP contribution >= 0.6 is 0 Å². The van der Waals surface area contributed by atoms with Gasteiger partial charge in [0, 0.05) is 38.5 Å². The summed E-state index contributed by atoms with van der Waals surface area (Å²) in [6, 6.07) is 16.3. The number of fused-ring (bicyclic) bond motifs is 3. The van der Waals surface area contributed by atoms with Crippen LogP contribution in [0.3, 0.4) is 0 Å². The Morgan fingerprint density at radius 3 is 2.35 bits per heavy atom. The van der Waals surface area contributed by atoms with Crippen molar-refractivity contribution in [3.05, 3.63) is 59.7 Å². The van der Waals surface area contributed by atoms with E-state index in [2.05, 4.69) is 29.6 Å². The molecule has 1 saturated carbocycles. The van der Waals surface area contributed by atoms with Gasteiger partial charge in [0.05, 0.1) is 6.61 Å². The molecule has 178 valence electrons. The number of carbonyl (C=O) groups is 3. The molecule has 2 aliphatic carbocycles. The molecule has 34 heavy (non-hydrogen) atoms. The Balaban J connectivity index is 1.13. The maximum absolute atomic E-state index is 12.9. The van der Waals surface area contributed by atoms with Crippen molar-refractivity contribution in [3.63, 3.8) is 0 Å². The third-order valence-corrected chi connectivity index (χ3v) is 7.46. The average Bonchev–Trinajstić information content (AvgIpc) is 3.31. The Morgan fingerprint density at radius 2 is 1.76 bits per heavy atom. The van der Waals surface area contributed by atoms with Crippen molar-refractivity contribution in [1.29, 1.82) is 0 Å². The first-order valence-electron chi connectivity index (χ1n) is 11.6. The van der Waals surface area contributed by atoms with Gasteiger partial charge in [-0.25, -0.2) is 9.59 Å². The Labute approximate surface area is 197 Å². The average molecular weight is 465 g/mol. The molecule has 8 heteroatoms. The summed E-state index contributed by atoms with van der Waals surface area (Å²) in [6.07, 6.45) is 0.378. The van der Waals surface area contributed by atoms with Gasteiger partial charge in [-0.1, -0.05) is 48.5 Å². The van der Waals surface area contributed by atoms with Crippen LogP contribution in [0.2, 0.25) is 0 Å². The lowest BCUT2D eigenvalue weighted by Gasteiger charge is -2.33. The van der Waals surface area contributed by atoms with E-state index < -0.39 is 17.6 Å². The molecule has 1 saturated heterocycles. The number of carboxylic acid groups (broad SMARTS) is 1. The predicted octanol–water partition coefficient (Wildman–Crippen LogP) is 2.86. The lowest BCUT2D eigenvalue weighted by atomic mass is 9.96. The summed E-state index contributed by atoms with van der Waals surface area (Å²) in [5, 5.41) is 12.4. The van der Waals surface area contributed by atoms with E-state index in [-0.39, 0.29) is 43.3 Å². The van der Waals surface area contributed by atoms with E-state index >= 15 is 0 Å². The van der Waals surface area contributed by atoms with Crippen LogP contribution in [0.1, 0.15) is 29.9 Å². The first-order valence-corrected chi connectivity index (χ1v) is 11.6. The molecule has 1 aliphatic heterocycles. The van der Waals surface area contributed by atoms with Crippen molar-refractivity contribution in [1.82, 2.24) is 10.2 Å². The van der Waals surface area contributed by atoms with E-state index in [1.165, 1.54) is 23.1 Å². The molecule has 2 amide bonds. The second-order valence-corrected chi connectivity index (χ2v) is 9.35.